The van der Waals surface area contributed by atoms with Crippen molar-refractivity contribution in [2.75, 3.05) is 20.0 Å². The van der Waals surface area contributed by atoms with Crippen molar-refractivity contribution in [3.05, 3.63) is 98.7 Å². The number of nitrogen functional groups attached to an aromatic ring is 1. The number of methoxy groups -OCH3 is 2. The van der Waals surface area contributed by atoms with Gasteiger partial charge in [-0.25, -0.2) is 9.78 Å². The molecule has 0 saturated carbocycles. The summed E-state index contributed by atoms with van der Waals surface area (Å²) in [6.07, 6.45) is 0. The summed E-state index contributed by atoms with van der Waals surface area (Å²) in [6, 6.07) is 17.9. The highest BCUT2D eigenvalue weighted by atomic mass is 35.5. The van der Waals surface area contributed by atoms with Crippen molar-refractivity contribution in [3.63, 3.8) is 0 Å². The molecular formula is C31H26Cl2N4O8S. The monoisotopic (exact) mass is 684 g/mol. The topological polar surface area (TPSA) is 161 Å². The molecule has 2 heterocycles. The molecule has 0 fully saturated rings. The molecule has 3 N–H and O–H groups in total. The van der Waals surface area contributed by atoms with Crippen LogP contribution in [0.15, 0.2) is 75.7 Å². The number of anilines is 1. The van der Waals surface area contributed by atoms with E-state index < -0.39 is 11.7 Å². The summed E-state index contributed by atoms with van der Waals surface area (Å²) < 4.78 is 28.2. The van der Waals surface area contributed by atoms with E-state index >= 15 is 0 Å². The number of thiazole rings is 1. The molecule has 2 aromatic heterocycles. The largest absolute Gasteiger partial charge is 0.497 e. The van der Waals surface area contributed by atoms with E-state index in [1.807, 2.05) is 48.5 Å². The van der Waals surface area contributed by atoms with Gasteiger partial charge in [-0.15, -0.1) is 11.3 Å². The minimum Gasteiger partial charge on any atom is -0.497 e. The number of hydrogen-bond acceptors (Lipinski definition) is 12. The van der Waals surface area contributed by atoms with Crippen LogP contribution in [0, 0.1) is 0 Å². The molecule has 5 aromatic rings. The van der Waals surface area contributed by atoms with Crippen LogP contribution >= 0.6 is 34.5 Å². The van der Waals surface area contributed by atoms with Gasteiger partial charge in [0.05, 0.1) is 24.3 Å². The number of nitrogens with zero attached hydrogens (tertiary/aromatic N) is 3. The molecular weight excluding hydrogens is 659 g/mol. The fraction of sp³-hybridized carbons (Fsp3) is 0.161. The zero-order valence-electron chi connectivity index (χ0n) is 24.4. The first-order valence-electron chi connectivity index (χ1n) is 13.4. The number of ether oxygens (including phenoxy) is 4. The van der Waals surface area contributed by atoms with Crippen LogP contribution in [-0.2, 0) is 29.5 Å². The molecule has 5 rings (SSSR count). The Balaban J connectivity index is 1.39. The van der Waals surface area contributed by atoms with Crippen LogP contribution in [0.3, 0.4) is 0 Å². The van der Waals surface area contributed by atoms with Crippen LogP contribution < -0.4 is 24.7 Å². The third-order valence-electron chi connectivity index (χ3n) is 6.38. The first kappa shape index (κ1) is 32.4. The molecule has 0 spiro atoms. The number of rotatable bonds is 14. The van der Waals surface area contributed by atoms with Gasteiger partial charge in [-0.05, 0) is 41.5 Å². The molecule has 0 aliphatic heterocycles. The number of oxime groups is 1. The number of benzene rings is 3. The van der Waals surface area contributed by atoms with Gasteiger partial charge in [0.1, 0.15) is 36.1 Å². The van der Waals surface area contributed by atoms with Crippen molar-refractivity contribution in [2.45, 2.75) is 19.8 Å². The lowest BCUT2D eigenvalue weighted by atomic mass is 10.1. The van der Waals surface area contributed by atoms with Gasteiger partial charge >= 0.3 is 5.97 Å². The lowest BCUT2D eigenvalue weighted by Gasteiger charge is -2.18. The van der Waals surface area contributed by atoms with Crippen LogP contribution in [0.2, 0.25) is 10.0 Å². The lowest BCUT2D eigenvalue weighted by Crippen LogP contribution is -2.15. The first-order valence-corrected chi connectivity index (χ1v) is 15.0. The summed E-state index contributed by atoms with van der Waals surface area (Å²) in [4.78, 5) is 20.8. The first-order chi connectivity index (χ1) is 22.2. The Bertz CT molecular complexity index is 1840. The molecule has 46 heavy (non-hydrogen) atoms. The minimum absolute atomic E-state index is 0.0751. The number of aromatic nitrogens is 2. The zero-order valence-corrected chi connectivity index (χ0v) is 26.7. The fourth-order valence-electron chi connectivity index (χ4n) is 4.05. The molecule has 0 radical (unpaired) electrons. The van der Waals surface area contributed by atoms with Crippen molar-refractivity contribution in [1.29, 1.82) is 0 Å². The normalized spacial score (nSPS) is 11.3. The summed E-state index contributed by atoms with van der Waals surface area (Å²) in [7, 11) is 3.18. The van der Waals surface area contributed by atoms with Gasteiger partial charge in [0, 0.05) is 17.0 Å². The third kappa shape index (κ3) is 7.80. The lowest BCUT2D eigenvalue weighted by molar-refractivity contribution is -0.129. The van der Waals surface area contributed by atoms with Crippen LogP contribution in [0.1, 0.15) is 22.6 Å². The van der Waals surface area contributed by atoms with Crippen LogP contribution in [-0.4, -0.2) is 41.1 Å². The average molecular weight is 686 g/mol. The van der Waals surface area contributed by atoms with Crippen LogP contribution in [0.5, 0.6) is 23.0 Å². The van der Waals surface area contributed by atoms with E-state index in [1.165, 1.54) is 5.38 Å². The third-order valence-corrected chi connectivity index (χ3v) is 7.71. The predicted octanol–water partition coefficient (Wildman–Crippen LogP) is 6.87. The van der Waals surface area contributed by atoms with E-state index in [0.29, 0.717) is 22.8 Å². The van der Waals surface area contributed by atoms with Gasteiger partial charge in [0.15, 0.2) is 29.0 Å². The smallest absolute Gasteiger partial charge is 0.360 e. The Morgan fingerprint density at radius 3 is 2.09 bits per heavy atom. The minimum atomic E-state index is -1.33. The number of nitrogens with two attached hydrogens (primary N) is 1. The Morgan fingerprint density at radius 2 is 1.54 bits per heavy atom. The highest BCUT2D eigenvalue weighted by molar-refractivity contribution is 7.13. The quantitative estimate of drug-likeness (QED) is 0.0927. The summed E-state index contributed by atoms with van der Waals surface area (Å²) in [5.74, 6) is 0.765. The number of aliphatic carboxylic acids is 1. The van der Waals surface area contributed by atoms with Crippen molar-refractivity contribution >= 4 is 51.4 Å². The second-order valence-corrected chi connectivity index (χ2v) is 11.1. The second-order valence-electron chi connectivity index (χ2n) is 9.42. The molecule has 0 aliphatic carbocycles. The standard InChI is InChI=1S/C31H26Cl2N4O8S/c1-40-19-7-3-17(4-8-19)13-42-28-23(32)12-22(26(33)29(28)43-14-18-5-9-20(41-2)10-6-18)24-11-21(45-36-24)15-44-37-27(30(38)39)25-16-46-31(34)35-25/h3-12,16H,13-15H2,1-2H3,(H2,34,35)(H,38,39)/b37-27-. The van der Waals surface area contributed by atoms with Gasteiger partial charge < -0.3 is 39.1 Å². The molecule has 12 nitrogen and oxygen atoms in total. The maximum atomic E-state index is 11.6. The SMILES string of the molecule is COc1ccc(COc2c(Cl)cc(-c3cc(CO/N=C(\C(=O)O)c4csc(N)n4)on3)c(Cl)c2OCc2ccc(OC)cc2)cc1. The maximum Gasteiger partial charge on any atom is 0.360 e. The van der Waals surface area contributed by atoms with Crippen molar-refractivity contribution in [1.82, 2.24) is 10.1 Å². The molecule has 0 bridgehead atoms. The van der Waals surface area contributed by atoms with E-state index in [0.717, 1.165) is 22.5 Å². The molecule has 15 heteroatoms. The molecule has 0 atom stereocenters. The number of hydrogen-bond donors (Lipinski definition) is 2. The summed E-state index contributed by atoms with van der Waals surface area (Å²) in [5, 5.41) is 19.3. The van der Waals surface area contributed by atoms with E-state index in [1.54, 1.807) is 26.4 Å². The molecule has 0 amide bonds. The maximum absolute atomic E-state index is 11.6. The highest BCUT2D eigenvalue weighted by Crippen LogP contribution is 2.47. The highest BCUT2D eigenvalue weighted by Gasteiger charge is 2.23. The van der Waals surface area contributed by atoms with Gasteiger partial charge in [0.25, 0.3) is 0 Å². The van der Waals surface area contributed by atoms with Crippen LogP contribution in [0.25, 0.3) is 11.3 Å². The van der Waals surface area contributed by atoms with E-state index in [-0.39, 0.29) is 58.0 Å². The zero-order chi connectivity index (χ0) is 32.6. The van der Waals surface area contributed by atoms with Crippen molar-refractivity contribution < 1.29 is 38.2 Å². The fourth-order valence-corrected chi connectivity index (χ4v) is 5.14. The van der Waals surface area contributed by atoms with Crippen LogP contribution in [0.4, 0.5) is 5.13 Å². The number of carbonyl (C=O) groups is 1. The van der Waals surface area contributed by atoms with Gasteiger partial charge in [0.2, 0.25) is 5.71 Å². The number of carboxylic acid groups (broad SMARTS) is 1. The molecule has 0 saturated heterocycles. The predicted molar refractivity (Wildman–Crippen MR) is 172 cm³/mol. The summed E-state index contributed by atoms with van der Waals surface area (Å²) in [6.45, 7) is 0.0869. The number of carboxylic acids is 1. The average Bonchev–Trinajstić information content (AvgIpc) is 3.72. The van der Waals surface area contributed by atoms with Gasteiger partial charge in [-0.3, -0.25) is 0 Å². The van der Waals surface area contributed by atoms with Crippen molar-refractivity contribution in [2.24, 2.45) is 5.16 Å². The summed E-state index contributed by atoms with van der Waals surface area (Å²) >= 11 is 14.7. The van der Waals surface area contributed by atoms with Gasteiger partial charge in [-0.2, -0.15) is 0 Å². The Kier molecular flexibility index (Phi) is 10.5. The van der Waals surface area contributed by atoms with Gasteiger partial charge in [-0.1, -0.05) is 57.8 Å². The Hall–Kier alpha value is -4.98. The molecule has 0 aliphatic rings. The molecule has 3 aromatic carbocycles. The Morgan fingerprint density at radius 1 is 0.935 bits per heavy atom. The second kappa shape index (κ2) is 14.9. The molecule has 0 unspecified atom stereocenters. The van der Waals surface area contributed by atoms with E-state index in [9.17, 15) is 9.90 Å². The molecule has 238 valence electrons. The van der Waals surface area contributed by atoms with Crippen molar-refractivity contribution in [3.8, 4) is 34.3 Å². The Labute approximate surface area is 276 Å². The summed E-state index contributed by atoms with van der Waals surface area (Å²) in [5.41, 5.74) is 7.69. The number of halogens is 2. The van der Waals surface area contributed by atoms with E-state index in [2.05, 4.69) is 15.3 Å². The van der Waals surface area contributed by atoms with E-state index in [4.69, 9.17) is 57.2 Å².